The summed E-state index contributed by atoms with van der Waals surface area (Å²) in [7, 11) is -3.88. The molecular formula is C31H34N6O8S. The molecule has 1 fully saturated rings. The van der Waals surface area contributed by atoms with Crippen molar-refractivity contribution >= 4 is 21.4 Å². The quantitative estimate of drug-likeness (QED) is 0.176. The molecule has 0 aliphatic carbocycles. The minimum Gasteiger partial charge on any atom is -0.350 e. The van der Waals surface area contributed by atoms with Gasteiger partial charge in [-0.25, -0.2) is 23.4 Å². The Labute approximate surface area is 265 Å². The lowest BCUT2D eigenvalue weighted by Crippen LogP contribution is -2.51. The number of hydrogen-bond acceptors (Lipinski definition) is 10. The number of ether oxygens (including phenoxy) is 1. The Bertz CT molecular complexity index is 1870. The zero-order valence-corrected chi connectivity index (χ0v) is 26.2. The number of hydrogen-bond donors (Lipinski definition) is 1. The lowest BCUT2D eigenvalue weighted by Gasteiger charge is -2.28. The number of amides is 1. The van der Waals surface area contributed by atoms with Gasteiger partial charge in [0, 0.05) is 55.8 Å². The van der Waals surface area contributed by atoms with Crippen molar-refractivity contribution in [2.45, 2.75) is 56.7 Å². The van der Waals surface area contributed by atoms with E-state index in [0.29, 0.717) is 30.8 Å². The van der Waals surface area contributed by atoms with E-state index in [0.717, 1.165) is 35.8 Å². The number of nitrogens with one attached hydrogen (secondary N) is 1. The number of pyridine rings is 1. The number of aryl methyl sites for hydroxylation is 1. The van der Waals surface area contributed by atoms with Crippen LogP contribution in [0.3, 0.4) is 0 Å². The van der Waals surface area contributed by atoms with Crippen molar-refractivity contribution in [3.63, 3.8) is 0 Å². The fraction of sp³-hybridized carbons (Fsp3) is 0.355. The Morgan fingerprint density at radius 1 is 1.11 bits per heavy atom. The van der Waals surface area contributed by atoms with Crippen LogP contribution in [0.2, 0.25) is 0 Å². The summed E-state index contributed by atoms with van der Waals surface area (Å²) < 4.78 is 31.9. The van der Waals surface area contributed by atoms with Crippen molar-refractivity contribution in [2.75, 3.05) is 12.9 Å². The van der Waals surface area contributed by atoms with Crippen molar-refractivity contribution in [3.8, 4) is 22.4 Å². The topological polar surface area (TPSA) is 178 Å². The number of nitro groups is 1. The molecule has 2 aromatic carbocycles. The summed E-state index contributed by atoms with van der Waals surface area (Å²) >= 11 is 0. The van der Waals surface area contributed by atoms with Crippen LogP contribution in [-0.2, 0) is 37.3 Å². The lowest BCUT2D eigenvalue weighted by atomic mass is 10.0. The van der Waals surface area contributed by atoms with Gasteiger partial charge in [0.05, 0.1) is 17.7 Å². The van der Waals surface area contributed by atoms with Gasteiger partial charge in [0.1, 0.15) is 5.69 Å². The summed E-state index contributed by atoms with van der Waals surface area (Å²) in [5, 5.41) is 19.2. The molecule has 1 saturated heterocycles. The minimum absolute atomic E-state index is 0.00942. The average molecular weight is 651 g/mol. The molecule has 1 aliphatic rings. The molecule has 242 valence electrons. The fourth-order valence-corrected chi connectivity index (χ4v) is 5.80. The van der Waals surface area contributed by atoms with Crippen LogP contribution in [0.1, 0.15) is 38.2 Å². The zero-order valence-electron chi connectivity index (χ0n) is 25.4. The van der Waals surface area contributed by atoms with E-state index in [1.807, 2.05) is 24.3 Å². The monoisotopic (exact) mass is 650 g/mol. The Balaban J connectivity index is 1.22. The maximum Gasteiger partial charge on any atom is 0.269 e. The van der Waals surface area contributed by atoms with E-state index < -0.39 is 31.7 Å². The third-order valence-corrected chi connectivity index (χ3v) is 10.1. The van der Waals surface area contributed by atoms with Crippen LogP contribution in [0, 0.1) is 10.1 Å². The van der Waals surface area contributed by atoms with Crippen molar-refractivity contribution < 1.29 is 27.7 Å². The number of carbonyl (C=O) groups is 1. The molecule has 2 unspecified atom stereocenters. The van der Waals surface area contributed by atoms with Gasteiger partial charge in [-0.15, -0.1) is 5.10 Å². The Hall–Kier alpha value is -4.73. The number of sulfone groups is 1. The van der Waals surface area contributed by atoms with Crippen LogP contribution < -0.4 is 11.0 Å². The normalized spacial score (nSPS) is 16.4. The van der Waals surface area contributed by atoms with Gasteiger partial charge in [-0.3, -0.25) is 19.7 Å². The Kier molecular flexibility index (Phi) is 9.74. The number of nitrogens with zero attached hydrogens (tertiary/aromatic N) is 5. The molecule has 1 N–H and O–H groups in total. The number of carbonyl (C=O) groups excluding carboxylic acids is 1. The Morgan fingerprint density at radius 2 is 1.83 bits per heavy atom. The van der Waals surface area contributed by atoms with Crippen molar-refractivity contribution in [1.82, 2.24) is 25.0 Å². The van der Waals surface area contributed by atoms with Gasteiger partial charge in [-0.05, 0) is 48.9 Å². The minimum atomic E-state index is -3.88. The fourth-order valence-electron chi connectivity index (χ4n) is 4.96. The SMILES string of the molecule is CC(CCn1ccc(-c2ccc(-c3cn(Cc4ccc([N+](=O)[O-])cc4)nn3)cc2)cc1=O)(C(=O)NOC1CCCCO1)S(C)(=O)=O. The van der Waals surface area contributed by atoms with E-state index in [4.69, 9.17) is 9.57 Å². The van der Waals surface area contributed by atoms with Crippen molar-refractivity contribution in [3.05, 3.63) is 99.1 Å². The highest BCUT2D eigenvalue weighted by Crippen LogP contribution is 2.25. The molecule has 1 amide bonds. The molecule has 14 nitrogen and oxygen atoms in total. The van der Waals surface area contributed by atoms with Crippen LogP contribution in [0.25, 0.3) is 22.4 Å². The summed E-state index contributed by atoms with van der Waals surface area (Å²) in [6, 6.07) is 16.9. The molecule has 46 heavy (non-hydrogen) atoms. The second-order valence-electron chi connectivity index (χ2n) is 11.3. The standard InChI is InChI=1S/C31H34N6O8S/c1-31(46(2,42)43,30(39)33-45-29-5-3-4-18-44-29)15-17-35-16-14-25(19-28(35)38)23-8-10-24(11-9-23)27-21-36(34-32-27)20-22-6-12-26(13-7-22)37(40)41/h6-14,16,19,21,29H,3-5,15,17-18,20H2,1-2H3,(H,33,39). The molecule has 3 heterocycles. The van der Waals surface area contributed by atoms with Crippen LogP contribution in [0.15, 0.2) is 77.9 Å². The maximum absolute atomic E-state index is 13.0. The zero-order chi connectivity index (χ0) is 32.9. The molecule has 2 aromatic heterocycles. The van der Waals surface area contributed by atoms with E-state index in [2.05, 4.69) is 15.8 Å². The van der Waals surface area contributed by atoms with Gasteiger partial charge in [0.25, 0.3) is 17.2 Å². The summed E-state index contributed by atoms with van der Waals surface area (Å²) in [5.74, 6) is -0.819. The molecule has 0 spiro atoms. The summed E-state index contributed by atoms with van der Waals surface area (Å²) in [6.07, 6.45) is 5.92. The summed E-state index contributed by atoms with van der Waals surface area (Å²) in [4.78, 5) is 41.7. The van der Waals surface area contributed by atoms with Gasteiger partial charge in [-0.1, -0.05) is 41.6 Å². The summed E-state index contributed by atoms with van der Waals surface area (Å²) in [6.45, 7) is 2.21. The first-order valence-corrected chi connectivity index (χ1v) is 16.5. The van der Waals surface area contributed by atoms with E-state index >= 15 is 0 Å². The predicted molar refractivity (Wildman–Crippen MR) is 168 cm³/mol. The summed E-state index contributed by atoms with van der Waals surface area (Å²) in [5.41, 5.74) is 5.67. The van der Waals surface area contributed by atoms with Gasteiger partial charge in [-0.2, -0.15) is 0 Å². The van der Waals surface area contributed by atoms with Crippen molar-refractivity contribution in [1.29, 1.82) is 0 Å². The molecule has 0 radical (unpaired) electrons. The molecular weight excluding hydrogens is 616 g/mol. The van der Waals surface area contributed by atoms with Crippen LogP contribution in [-0.4, -0.2) is 62.7 Å². The van der Waals surface area contributed by atoms with Gasteiger partial charge >= 0.3 is 0 Å². The smallest absolute Gasteiger partial charge is 0.269 e. The van der Waals surface area contributed by atoms with Gasteiger partial charge in [0.2, 0.25) is 0 Å². The number of nitro benzene ring substituents is 1. The molecule has 0 saturated carbocycles. The van der Waals surface area contributed by atoms with E-state index in [1.165, 1.54) is 29.7 Å². The van der Waals surface area contributed by atoms with Crippen molar-refractivity contribution in [2.24, 2.45) is 0 Å². The maximum atomic E-state index is 13.0. The molecule has 15 heteroatoms. The lowest BCUT2D eigenvalue weighted by molar-refractivity contribution is -0.384. The number of benzene rings is 2. The van der Waals surface area contributed by atoms with E-state index in [-0.39, 0.29) is 24.2 Å². The highest BCUT2D eigenvalue weighted by molar-refractivity contribution is 7.92. The van der Waals surface area contributed by atoms with Gasteiger partial charge < -0.3 is 9.30 Å². The number of hydroxylamine groups is 1. The van der Waals surface area contributed by atoms with Crippen LogP contribution >= 0.6 is 0 Å². The third kappa shape index (κ3) is 7.55. The van der Waals surface area contributed by atoms with Gasteiger partial charge in [0.15, 0.2) is 20.9 Å². The third-order valence-electron chi connectivity index (χ3n) is 8.09. The number of non-ortho nitro benzene ring substituents is 1. The largest absolute Gasteiger partial charge is 0.350 e. The molecule has 0 bridgehead atoms. The Morgan fingerprint density at radius 3 is 2.46 bits per heavy atom. The molecule has 4 aromatic rings. The second kappa shape index (κ2) is 13.7. The first-order valence-electron chi connectivity index (χ1n) is 14.6. The highest BCUT2D eigenvalue weighted by Gasteiger charge is 2.44. The van der Waals surface area contributed by atoms with E-state index in [1.54, 1.807) is 35.3 Å². The number of rotatable bonds is 12. The van der Waals surface area contributed by atoms with Crippen LogP contribution in [0.5, 0.6) is 0 Å². The molecule has 2 atom stereocenters. The number of aromatic nitrogens is 4. The first kappa shape index (κ1) is 32.7. The molecule has 1 aliphatic heterocycles. The first-order chi connectivity index (χ1) is 21.9. The predicted octanol–water partition coefficient (Wildman–Crippen LogP) is 3.50. The van der Waals surface area contributed by atoms with E-state index in [9.17, 15) is 28.1 Å². The average Bonchev–Trinajstić information content (AvgIpc) is 3.51. The molecule has 5 rings (SSSR count). The van der Waals surface area contributed by atoms with Crippen LogP contribution in [0.4, 0.5) is 5.69 Å². The highest BCUT2D eigenvalue weighted by atomic mass is 32.2. The second-order valence-corrected chi connectivity index (χ2v) is 13.8.